The molecule has 0 bridgehead atoms. The Morgan fingerprint density at radius 2 is 1.67 bits per heavy atom. The lowest BCUT2D eigenvalue weighted by Gasteiger charge is -2.29. The smallest absolute Gasteiger partial charge is 0.221 e. The molecule has 1 aliphatic carbocycles. The van der Waals surface area contributed by atoms with E-state index in [0.29, 0.717) is 0 Å². The highest BCUT2D eigenvalue weighted by atomic mass is 32.2. The maximum Gasteiger partial charge on any atom is 0.221 e. The molecule has 1 N–H and O–H groups in total. The molecule has 0 aliphatic heterocycles. The fourth-order valence-electron chi connectivity index (χ4n) is 2.86. The Hall–Kier alpha value is -0.620. The van der Waals surface area contributed by atoms with Crippen molar-refractivity contribution in [1.29, 1.82) is 0 Å². The summed E-state index contributed by atoms with van der Waals surface area (Å²) in [4.78, 5) is 11.9. The van der Waals surface area contributed by atoms with E-state index >= 15 is 0 Å². The van der Waals surface area contributed by atoms with E-state index in [4.69, 9.17) is 0 Å². The van der Waals surface area contributed by atoms with Gasteiger partial charge in [-0.1, -0.05) is 25.7 Å². The van der Waals surface area contributed by atoms with Crippen LogP contribution in [0.25, 0.3) is 0 Å². The van der Waals surface area contributed by atoms with Gasteiger partial charge in [0.2, 0.25) is 15.9 Å². The number of nitrogens with one attached hydrogen (secondary N) is 1. The largest absolute Gasteiger partial charge is 0.351 e. The van der Waals surface area contributed by atoms with Crippen LogP contribution in [-0.2, 0) is 14.8 Å². The molecule has 1 aliphatic rings. The Morgan fingerprint density at radius 3 is 2.10 bits per heavy atom. The summed E-state index contributed by atoms with van der Waals surface area (Å²) in [6.45, 7) is 6.05. The molecule has 1 rings (SSSR count). The van der Waals surface area contributed by atoms with Gasteiger partial charge >= 0.3 is 0 Å². The van der Waals surface area contributed by atoms with Gasteiger partial charge in [-0.2, -0.15) is 4.31 Å². The van der Waals surface area contributed by atoms with Crippen LogP contribution in [0.5, 0.6) is 0 Å². The summed E-state index contributed by atoms with van der Waals surface area (Å²) in [5.41, 5.74) is -0.282. The molecule has 21 heavy (non-hydrogen) atoms. The van der Waals surface area contributed by atoms with Crippen LogP contribution in [0.15, 0.2) is 0 Å². The second kappa shape index (κ2) is 7.58. The second-order valence-corrected chi connectivity index (χ2v) is 9.00. The van der Waals surface area contributed by atoms with E-state index in [1.54, 1.807) is 4.31 Å². The zero-order chi connectivity index (χ0) is 16.1. The normalized spacial score (nSPS) is 18.5. The predicted octanol–water partition coefficient (Wildman–Crippen LogP) is 2.28. The van der Waals surface area contributed by atoms with Gasteiger partial charge in [0.25, 0.3) is 0 Å². The molecular weight excluding hydrogens is 288 g/mol. The number of hydrogen-bond acceptors (Lipinski definition) is 3. The van der Waals surface area contributed by atoms with Crippen molar-refractivity contribution in [3.8, 4) is 0 Å². The molecule has 124 valence electrons. The molecule has 0 aromatic heterocycles. The summed E-state index contributed by atoms with van der Waals surface area (Å²) in [5, 5.41) is 2.88. The molecule has 0 saturated heterocycles. The third-order valence-corrected chi connectivity index (χ3v) is 5.06. The molecule has 5 nitrogen and oxygen atoms in total. The molecule has 1 fully saturated rings. The first-order valence-electron chi connectivity index (χ1n) is 7.87. The van der Waals surface area contributed by atoms with Crippen molar-refractivity contribution in [1.82, 2.24) is 9.62 Å². The van der Waals surface area contributed by atoms with Crippen molar-refractivity contribution in [3.63, 3.8) is 0 Å². The molecule has 0 spiro atoms. The fraction of sp³-hybridized carbons (Fsp3) is 0.933. The molecule has 0 heterocycles. The van der Waals surface area contributed by atoms with Crippen molar-refractivity contribution in [2.24, 2.45) is 0 Å². The highest BCUT2D eigenvalue weighted by Gasteiger charge is 2.28. The Kier molecular flexibility index (Phi) is 6.66. The Bertz CT molecular complexity index is 432. The van der Waals surface area contributed by atoms with Gasteiger partial charge in [0.05, 0.1) is 6.26 Å². The minimum absolute atomic E-state index is 0.0601. The van der Waals surface area contributed by atoms with Crippen LogP contribution in [0.2, 0.25) is 0 Å². The average molecular weight is 318 g/mol. The van der Waals surface area contributed by atoms with Crippen LogP contribution in [0.3, 0.4) is 0 Å². The van der Waals surface area contributed by atoms with E-state index in [1.165, 1.54) is 19.1 Å². The zero-order valence-electron chi connectivity index (χ0n) is 13.8. The van der Waals surface area contributed by atoms with Crippen LogP contribution >= 0.6 is 0 Å². The summed E-state index contributed by atoms with van der Waals surface area (Å²) in [6, 6.07) is 0.0601. The maximum atomic E-state index is 12.0. The van der Waals surface area contributed by atoms with Gasteiger partial charge in [-0.25, -0.2) is 8.42 Å². The summed E-state index contributed by atoms with van der Waals surface area (Å²) < 4.78 is 25.6. The molecule has 0 radical (unpaired) electrons. The van der Waals surface area contributed by atoms with Gasteiger partial charge in [0.15, 0.2) is 0 Å². The van der Waals surface area contributed by atoms with Crippen LogP contribution in [0.4, 0.5) is 0 Å². The van der Waals surface area contributed by atoms with Crippen LogP contribution < -0.4 is 5.32 Å². The zero-order valence-corrected chi connectivity index (χ0v) is 14.6. The first-order valence-corrected chi connectivity index (χ1v) is 9.72. The van der Waals surface area contributed by atoms with Crippen LogP contribution in [0, 0.1) is 0 Å². The van der Waals surface area contributed by atoms with Gasteiger partial charge in [-0.3, -0.25) is 4.79 Å². The highest BCUT2D eigenvalue weighted by molar-refractivity contribution is 7.88. The lowest BCUT2D eigenvalue weighted by molar-refractivity contribution is -0.122. The van der Waals surface area contributed by atoms with Crippen LogP contribution in [0.1, 0.15) is 65.7 Å². The molecule has 0 aromatic rings. The number of sulfonamides is 1. The summed E-state index contributed by atoms with van der Waals surface area (Å²) in [7, 11) is -3.27. The molecule has 0 aromatic carbocycles. The Morgan fingerprint density at radius 1 is 1.14 bits per heavy atom. The maximum absolute atomic E-state index is 12.0. The van der Waals surface area contributed by atoms with E-state index < -0.39 is 10.0 Å². The highest BCUT2D eigenvalue weighted by Crippen LogP contribution is 2.23. The minimum atomic E-state index is -3.27. The van der Waals surface area contributed by atoms with Gasteiger partial charge in [0, 0.05) is 24.5 Å². The first-order chi connectivity index (χ1) is 9.59. The van der Waals surface area contributed by atoms with Crippen molar-refractivity contribution in [2.75, 3.05) is 12.8 Å². The SMILES string of the molecule is CC(C)(C)NC(=O)CCN(C1CCCCCC1)S(C)(=O)=O. The summed E-state index contributed by atoms with van der Waals surface area (Å²) >= 11 is 0. The number of hydrogen-bond donors (Lipinski definition) is 1. The van der Waals surface area contributed by atoms with Crippen molar-refractivity contribution >= 4 is 15.9 Å². The van der Waals surface area contributed by atoms with Gasteiger partial charge in [-0.15, -0.1) is 0 Å². The minimum Gasteiger partial charge on any atom is -0.351 e. The number of amides is 1. The lowest BCUT2D eigenvalue weighted by Crippen LogP contribution is -2.44. The molecular formula is C15H30N2O3S. The number of carbonyl (C=O) groups excluding carboxylic acids is 1. The average Bonchev–Trinajstić information content (AvgIpc) is 2.53. The number of carbonyl (C=O) groups is 1. The van der Waals surface area contributed by atoms with E-state index in [1.807, 2.05) is 20.8 Å². The molecule has 0 atom stereocenters. The Labute approximate surface area is 129 Å². The van der Waals surface area contributed by atoms with Crippen molar-refractivity contribution < 1.29 is 13.2 Å². The number of rotatable bonds is 5. The monoisotopic (exact) mass is 318 g/mol. The topological polar surface area (TPSA) is 66.5 Å². The lowest BCUT2D eigenvalue weighted by atomic mass is 10.1. The molecule has 6 heteroatoms. The van der Waals surface area contributed by atoms with Gasteiger partial charge in [0.1, 0.15) is 0 Å². The van der Waals surface area contributed by atoms with E-state index in [2.05, 4.69) is 5.32 Å². The van der Waals surface area contributed by atoms with Gasteiger partial charge < -0.3 is 5.32 Å². The standard InChI is InChI=1S/C15H30N2O3S/c1-15(2,3)16-14(18)11-12-17(21(4,19)20)13-9-7-5-6-8-10-13/h13H,5-12H2,1-4H3,(H,16,18). The summed E-state index contributed by atoms with van der Waals surface area (Å²) in [5.74, 6) is -0.0928. The van der Waals surface area contributed by atoms with E-state index in [0.717, 1.165) is 25.7 Å². The predicted molar refractivity (Wildman–Crippen MR) is 85.6 cm³/mol. The second-order valence-electron chi connectivity index (χ2n) is 7.07. The third kappa shape index (κ3) is 7.27. The molecule has 0 unspecified atom stereocenters. The van der Waals surface area contributed by atoms with Gasteiger partial charge in [-0.05, 0) is 33.6 Å². The Balaban J connectivity index is 2.65. The van der Waals surface area contributed by atoms with Crippen molar-refractivity contribution in [2.45, 2.75) is 77.3 Å². The van der Waals surface area contributed by atoms with Crippen molar-refractivity contribution in [3.05, 3.63) is 0 Å². The van der Waals surface area contributed by atoms with E-state index in [-0.39, 0.29) is 30.5 Å². The third-order valence-electron chi connectivity index (χ3n) is 3.73. The fourth-order valence-corrected chi connectivity index (χ4v) is 4.03. The number of nitrogens with zero attached hydrogens (tertiary/aromatic N) is 1. The van der Waals surface area contributed by atoms with E-state index in [9.17, 15) is 13.2 Å². The molecule has 1 saturated carbocycles. The van der Waals surface area contributed by atoms with Crippen LogP contribution in [-0.4, -0.2) is 43.0 Å². The first kappa shape index (κ1) is 18.4. The quantitative estimate of drug-likeness (QED) is 0.791. The summed E-state index contributed by atoms with van der Waals surface area (Å²) in [6.07, 6.45) is 7.80. The molecule has 1 amide bonds.